The average molecular weight is 435 g/mol. The zero-order chi connectivity index (χ0) is 22.3. The van der Waals surface area contributed by atoms with Gasteiger partial charge in [-0.25, -0.2) is 9.37 Å². The number of nitrogens with zero attached hydrogens (tertiary/aromatic N) is 1. The molecular weight excluding hydrogens is 418 g/mol. The van der Waals surface area contributed by atoms with E-state index in [1.807, 2.05) is 13.8 Å². The SMILES string of the molecule is Cc1[nH]c2c(F)ccc(C)c2c1CCNC(=O)c1nc2ccc(OC(F)(F)F)cc2o1. The Morgan fingerprint density at radius 1 is 1.23 bits per heavy atom. The van der Waals surface area contributed by atoms with Crippen LogP contribution in [0.5, 0.6) is 5.75 Å². The summed E-state index contributed by atoms with van der Waals surface area (Å²) < 4.78 is 60.2. The van der Waals surface area contributed by atoms with Crippen molar-refractivity contribution >= 4 is 27.9 Å². The average Bonchev–Trinajstić information content (AvgIpc) is 3.25. The number of alkyl halides is 3. The second-order valence-electron chi connectivity index (χ2n) is 7.05. The first kappa shape index (κ1) is 20.7. The zero-order valence-electron chi connectivity index (χ0n) is 16.5. The zero-order valence-corrected chi connectivity index (χ0v) is 16.5. The van der Waals surface area contributed by atoms with Crippen LogP contribution in [-0.2, 0) is 6.42 Å². The third kappa shape index (κ3) is 4.18. The van der Waals surface area contributed by atoms with Gasteiger partial charge in [-0.15, -0.1) is 13.2 Å². The first-order valence-corrected chi connectivity index (χ1v) is 9.33. The van der Waals surface area contributed by atoms with Gasteiger partial charge in [0.05, 0.1) is 5.52 Å². The molecule has 31 heavy (non-hydrogen) atoms. The third-order valence-corrected chi connectivity index (χ3v) is 4.88. The first-order chi connectivity index (χ1) is 14.6. The van der Waals surface area contributed by atoms with Gasteiger partial charge in [-0.1, -0.05) is 6.07 Å². The molecule has 2 N–H and O–H groups in total. The minimum atomic E-state index is -4.84. The highest BCUT2D eigenvalue weighted by molar-refractivity contribution is 5.92. The summed E-state index contributed by atoms with van der Waals surface area (Å²) in [6.07, 6.45) is -4.40. The van der Waals surface area contributed by atoms with Gasteiger partial charge in [0.2, 0.25) is 0 Å². The largest absolute Gasteiger partial charge is 0.573 e. The van der Waals surface area contributed by atoms with E-state index in [1.54, 1.807) is 6.07 Å². The van der Waals surface area contributed by atoms with E-state index in [-0.39, 0.29) is 29.4 Å². The number of carbonyl (C=O) groups is 1. The van der Waals surface area contributed by atoms with Gasteiger partial charge < -0.3 is 19.5 Å². The highest BCUT2D eigenvalue weighted by Crippen LogP contribution is 2.28. The number of amides is 1. The maximum absolute atomic E-state index is 14.1. The number of oxazole rings is 1. The van der Waals surface area contributed by atoms with Crippen molar-refractivity contribution in [3.63, 3.8) is 0 Å². The van der Waals surface area contributed by atoms with E-state index in [2.05, 4.69) is 20.0 Å². The monoisotopic (exact) mass is 435 g/mol. The van der Waals surface area contributed by atoms with Gasteiger partial charge in [-0.2, -0.15) is 0 Å². The summed E-state index contributed by atoms with van der Waals surface area (Å²) in [5, 5.41) is 3.45. The van der Waals surface area contributed by atoms with E-state index >= 15 is 0 Å². The summed E-state index contributed by atoms with van der Waals surface area (Å²) in [6, 6.07) is 6.46. The molecule has 2 aromatic heterocycles. The molecule has 0 bridgehead atoms. The second kappa shape index (κ2) is 7.60. The van der Waals surface area contributed by atoms with Crippen LogP contribution in [0.25, 0.3) is 22.0 Å². The summed E-state index contributed by atoms with van der Waals surface area (Å²) in [4.78, 5) is 19.4. The van der Waals surface area contributed by atoms with Crippen molar-refractivity contribution in [1.29, 1.82) is 0 Å². The molecule has 2 aromatic carbocycles. The quantitative estimate of drug-likeness (QED) is 0.436. The molecule has 0 unspecified atom stereocenters. The van der Waals surface area contributed by atoms with E-state index in [4.69, 9.17) is 4.42 Å². The van der Waals surface area contributed by atoms with Gasteiger partial charge in [-0.3, -0.25) is 4.79 Å². The number of carbonyl (C=O) groups excluding carboxylic acids is 1. The van der Waals surface area contributed by atoms with Gasteiger partial charge >= 0.3 is 12.3 Å². The number of halogens is 4. The van der Waals surface area contributed by atoms with Crippen LogP contribution in [0.2, 0.25) is 0 Å². The van der Waals surface area contributed by atoms with Crippen LogP contribution in [-0.4, -0.2) is 28.8 Å². The normalized spacial score (nSPS) is 11.9. The number of ether oxygens (including phenoxy) is 1. The molecule has 10 heteroatoms. The third-order valence-electron chi connectivity index (χ3n) is 4.88. The van der Waals surface area contributed by atoms with Gasteiger partial charge in [0.25, 0.3) is 5.89 Å². The molecule has 6 nitrogen and oxygen atoms in total. The lowest BCUT2D eigenvalue weighted by Gasteiger charge is -2.07. The molecule has 2 heterocycles. The molecular formula is C21H17F4N3O3. The Morgan fingerprint density at radius 3 is 2.74 bits per heavy atom. The van der Waals surface area contributed by atoms with Crippen molar-refractivity contribution in [3.8, 4) is 5.75 Å². The van der Waals surface area contributed by atoms with Crippen molar-refractivity contribution in [2.75, 3.05) is 6.54 Å². The smallest absolute Gasteiger partial charge is 0.432 e. The van der Waals surface area contributed by atoms with Crippen molar-refractivity contribution in [2.45, 2.75) is 26.6 Å². The number of rotatable bonds is 5. The fourth-order valence-electron chi connectivity index (χ4n) is 3.53. The van der Waals surface area contributed by atoms with E-state index in [0.29, 0.717) is 11.9 Å². The Balaban J connectivity index is 1.47. The predicted octanol–water partition coefficient (Wildman–Crippen LogP) is 4.94. The highest BCUT2D eigenvalue weighted by atomic mass is 19.4. The second-order valence-corrected chi connectivity index (χ2v) is 7.05. The summed E-state index contributed by atoms with van der Waals surface area (Å²) >= 11 is 0. The van der Waals surface area contributed by atoms with E-state index in [9.17, 15) is 22.4 Å². The van der Waals surface area contributed by atoms with Crippen LogP contribution in [0.1, 0.15) is 27.5 Å². The van der Waals surface area contributed by atoms with Gasteiger partial charge in [0.1, 0.15) is 17.1 Å². The molecule has 162 valence electrons. The van der Waals surface area contributed by atoms with Crippen molar-refractivity contribution in [1.82, 2.24) is 15.3 Å². The number of hydrogen-bond acceptors (Lipinski definition) is 4. The number of fused-ring (bicyclic) bond motifs is 2. The lowest BCUT2D eigenvalue weighted by atomic mass is 10.0. The molecule has 4 aromatic rings. The number of aromatic amines is 1. The van der Waals surface area contributed by atoms with Gasteiger partial charge in [-0.05, 0) is 49.6 Å². The van der Waals surface area contributed by atoms with Gasteiger partial charge in [0, 0.05) is 23.7 Å². The lowest BCUT2D eigenvalue weighted by Crippen LogP contribution is -2.26. The topological polar surface area (TPSA) is 80.2 Å². The van der Waals surface area contributed by atoms with E-state index in [0.717, 1.165) is 34.3 Å². The minimum absolute atomic E-state index is 0.00882. The number of nitrogens with one attached hydrogen (secondary N) is 2. The van der Waals surface area contributed by atoms with Crippen LogP contribution in [0, 0.1) is 19.7 Å². The molecule has 0 aliphatic rings. The highest BCUT2D eigenvalue weighted by Gasteiger charge is 2.31. The molecule has 0 spiro atoms. The summed E-state index contributed by atoms with van der Waals surface area (Å²) in [5.74, 6) is -1.72. The maximum atomic E-state index is 14.1. The van der Waals surface area contributed by atoms with Crippen LogP contribution < -0.4 is 10.1 Å². The molecule has 1 amide bonds. The Kier molecular flexibility index (Phi) is 5.08. The molecule has 0 radical (unpaired) electrons. The van der Waals surface area contributed by atoms with Crippen molar-refractivity contribution in [2.24, 2.45) is 0 Å². The van der Waals surface area contributed by atoms with E-state index in [1.165, 1.54) is 12.1 Å². The predicted molar refractivity (Wildman–Crippen MR) is 104 cm³/mol. The minimum Gasteiger partial charge on any atom is -0.432 e. The number of benzene rings is 2. The molecule has 0 aliphatic carbocycles. The first-order valence-electron chi connectivity index (χ1n) is 9.33. The Bertz CT molecular complexity index is 1290. The van der Waals surface area contributed by atoms with Gasteiger partial charge in [0.15, 0.2) is 5.58 Å². The van der Waals surface area contributed by atoms with Crippen molar-refractivity contribution in [3.05, 3.63) is 58.9 Å². The number of hydrogen-bond donors (Lipinski definition) is 2. The Morgan fingerprint density at radius 2 is 2.00 bits per heavy atom. The molecule has 0 atom stereocenters. The molecule has 0 fully saturated rings. The standard InChI is InChI=1S/C21H17F4N3O3/c1-10-3-5-14(22)18-17(10)13(11(2)27-18)7-8-26-19(29)20-28-15-6-4-12(9-16(15)30-20)31-21(23,24)25/h3-6,9,27H,7-8H2,1-2H3,(H,26,29). The molecule has 0 aliphatic heterocycles. The Hall–Kier alpha value is -3.56. The molecule has 4 rings (SSSR count). The number of aryl methyl sites for hydroxylation is 2. The number of H-pyrrole nitrogens is 1. The van der Waals surface area contributed by atoms with Crippen LogP contribution in [0.3, 0.4) is 0 Å². The van der Waals surface area contributed by atoms with E-state index < -0.39 is 18.0 Å². The van der Waals surface area contributed by atoms with Crippen LogP contribution in [0.4, 0.5) is 17.6 Å². The molecule has 0 saturated carbocycles. The Labute approximate surface area is 173 Å². The lowest BCUT2D eigenvalue weighted by molar-refractivity contribution is -0.274. The molecule has 0 saturated heterocycles. The fraction of sp³-hybridized carbons (Fsp3) is 0.238. The fourth-order valence-corrected chi connectivity index (χ4v) is 3.53. The summed E-state index contributed by atoms with van der Waals surface area (Å²) in [6.45, 7) is 3.94. The van der Waals surface area contributed by atoms with Crippen molar-refractivity contribution < 1.29 is 31.5 Å². The summed E-state index contributed by atoms with van der Waals surface area (Å²) in [7, 11) is 0. The van der Waals surface area contributed by atoms with Crippen LogP contribution in [0.15, 0.2) is 34.7 Å². The summed E-state index contributed by atoms with van der Waals surface area (Å²) in [5.41, 5.74) is 3.24. The van der Waals surface area contributed by atoms with Crippen LogP contribution >= 0.6 is 0 Å². The number of aromatic nitrogens is 2. The maximum Gasteiger partial charge on any atom is 0.573 e.